The van der Waals surface area contributed by atoms with Gasteiger partial charge in [0.05, 0.1) is 17.8 Å². The van der Waals surface area contributed by atoms with Crippen LogP contribution in [0, 0.1) is 5.92 Å². The minimum atomic E-state index is -4.23. The first kappa shape index (κ1) is 22.1. The number of amides is 2. The van der Waals surface area contributed by atoms with Crippen molar-refractivity contribution >= 4 is 29.2 Å². The number of fused-ring (bicyclic) bond motifs is 1. The molecular weight excluding hydrogens is 423 g/mol. The molecule has 4 rings (SSSR count). The topological polar surface area (TPSA) is 77.5 Å². The smallest absolute Gasteiger partial charge is 0.369 e. The number of nitrogens with one attached hydrogen (secondary N) is 1. The number of urea groups is 1. The quantitative estimate of drug-likeness (QED) is 0.766. The summed E-state index contributed by atoms with van der Waals surface area (Å²) in [5.74, 6) is -0.166. The number of aromatic nitrogens is 3. The molecule has 0 radical (unpaired) electrons. The lowest BCUT2D eigenvalue weighted by molar-refractivity contribution is -0.176. The number of hydrogen-bond acceptors (Lipinski definition) is 6. The Labute approximate surface area is 184 Å². The van der Waals surface area contributed by atoms with Crippen molar-refractivity contribution in [3.63, 3.8) is 0 Å². The number of halogens is 3. The summed E-state index contributed by atoms with van der Waals surface area (Å²) in [5, 5.41) is 2.73. The van der Waals surface area contributed by atoms with Crippen LogP contribution in [-0.2, 0) is 0 Å². The van der Waals surface area contributed by atoms with Crippen molar-refractivity contribution < 1.29 is 18.0 Å². The summed E-state index contributed by atoms with van der Waals surface area (Å²) < 4.78 is 39.9. The van der Waals surface area contributed by atoms with Gasteiger partial charge in [-0.1, -0.05) is 0 Å². The summed E-state index contributed by atoms with van der Waals surface area (Å²) in [7, 11) is 0. The van der Waals surface area contributed by atoms with E-state index >= 15 is 0 Å². The van der Waals surface area contributed by atoms with Gasteiger partial charge < -0.3 is 9.80 Å². The Balaban J connectivity index is 1.65. The van der Waals surface area contributed by atoms with Crippen LogP contribution in [0.2, 0.25) is 0 Å². The molecule has 8 nitrogen and oxygen atoms in total. The zero-order valence-corrected chi connectivity index (χ0v) is 17.8. The van der Waals surface area contributed by atoms with Crippen LogP contribution < -0.4 is 20.0 Å². The molecule has 0 aromatic carbocycles. The molecule has 0 spiro atoms. The van der Waals surface area contributed by atoms with E-state index in [1.54, 1.807) is 11.0 Å². The molecule has 2 aliphatic heterocycles. The second-order valence-corrected chi connectivity index (χ2v) is 7.94. The standard InChI is InChI=1S/C21H26F3N7O/c1-2-29-11-4-12-31(20(32)27-17-13-25-8-9-26-17)19-16(29)6-7-18(28-19)30-10-3-5-15(14-30)21(22,23)24/h6-9,13,15H,2-5,10-12,14H2,1H3,(H,26,27,32). The third kappa shape index (κ3) is 4.71. The van der Waals surface area contributed by atoms with Crippen LogP contribution >= 0.6 is 0 Å². The van der Waals surface area contributed by atoms with Gasteiger partial charge in [-0.2, -0.15) is 13.2 Å². The largest absolute Gasteiger partial charge is 0.393 e. The van der Waals surface area contributed by atoms with Crippen LogP contribution in [0.4, 0.5) is 41.1 Å². The Morgan fingerprint density at radius 3 is 2.75 bits per heavy atom. The Kier molecular flexibility index (Phi) is 6.33. The molecule has 172 valence electrons. The Hall–Kier alpha value is -3.11. The van der Waals surface area contributed by atoms with Crippen molar-refractivity contribution in [1.82, 2.24) is 15.0 Å². The number of carbonyl (C=O) groups excluding carboxylic acids is 1. The van der Waals surface area contributed by atoms with Crippen molar-refractivity contribution in [1.29, 1.82) is 0 Å². The van der Waals surface area contributed by atoms with Crippen molar-refractivity contribution in [2.24, 2.45) is 5.92 Å². The lowest BCUT2D eigenvalue weighted by Gasteiger charge is -2.35. The second-order valence-electron chi connectivity index (χ2n) is 7.94. The number of carbonyl (C=O) groups is 1. The van der Waals surface area contributed by atoms with Crippen LogP contribution in [0.15, 0.2) is 30.7 Å². The highest BCUT2D eigenvalue weighted by Gasteiger charge is 2.42. The van der Waals surface area contributed by atoms with Gasteiger partial charge in [0.2, 0.25) is 0 Å². The molecule has 1 fully saturated rings. The SMILES string of the molecule is CCN1CCCN(C(=O)Nc2cnccn2)c2nc(N3CCCC(C(F)(F)F)C3)ccc21. The monoisotopic (exact) mass is 449 g/mol. The first-order chi connectivity index (χ1) is 15.4. The van der Waals surface area contributed by atoms with Gasteiger partial charge in [-0.05, 0) is 38.3 Å². The van der Waals surface area contributed by atoms with Gasteiger partial charge in [0, 0.05) is 45.1 Å². The number of anilines is 4. The van der Waals surface area contributed by atoms with E-state index < -0.39 is 18.1 Å². The molecule has 1 atom stereocenters. The van der Waals surface area contributed by atoms with Gasteiger partial charge >= 0.3 is 12.2 Å². The van der Waals surface area contributed by atoms with E-state index in [-0.39, 0.29) is 13.0 Å². The molecule has 2 aliphatic rings. The summed E-state index contributed by atoms with van der Waals surface area (Å²) in [6.45, 7) is 4.30. The molecule has 2 aromatic heterocycles. The molecular formula is C21H26F3N7O. The van der Waals surface area contributed by atoms with Gasteiger partial charge in [-0.15, -0.1) is 0 Å². The van der Waals surface area contributed by atoms with Crippen molar-refractivity contribution in [2.75, 3.05) is 52.7 Å². The van der Waals surface area contributed by atoms with Crippen molar-refractivity contribution in [3.05, 3.63) is 30.7 Å². The Morgan fingerprint density at radius 1 is 1.19 bits per heavy atom. The number of alkyl halides is 3. The van der Waals surface area contributed by atoms with Crippen LogP contribution in [0.3, 0.4) is 0 Å². The van der Waals surface area contributed by atoms with E-state index in [0.29, 0.717) is 37.0 Å². The fourth-order valence-electron chi connectivity index (χ4n) is 4.22. The van der Waals surface area contributed by atoms with Crippen LogP contribution in [0.5, 0.6) is 0 Å². The number of nitrogens with zero attached hydrogens (tertiary/aromatic N) is 6. The lowest BCUT2D eigenvalue weighted by Crippen LogP contribution is -2.42. The first-order valence-electron chi connectivity index (χ1n) is 10.8. The predicted molar refractivity (Wildman–Crippen MR) is 116 cm³/mol. The molecule has 0 bridgehead atoms. The predicted octanol–water partition coefficient (Wildman–Crippen LogP) is 3.92. The Bertz CT molecular complexity index is 941. The molecule has 1 saturated heterocycles. The summed E-state index contributed by atoms with van der Waals surface area (Å²) >= 11 is 0. The van der Waals surface area contributed by atoms with E-state index in [1.165, 1.54) is 23.5 Å². The van der Waals surface area contributed by atoms with Gasteiger partial charge in [0.25, 0.3) is 0 Å². The lowest BCUT2D eigenvalue weighted by atomic mass is 9.97. The molecule has 2 amide bonds. The minimum Gasteiger partial charge on any atom is -0.369 e. The maximum Gasteiger partial charge on any atom is 0.393 e. The normalized spacial score (nSPS) is 19.4. The maximum absolute atomic E-state index is 13.3. The van der Waals surface area contributed by atoms with Gasteiger partial charge in [0.15, 0.2) is 11.6 Å². The molecule has 0 aliphatic carbocycles. The number of rotatable bonds is 3. The highest BCUT2D eigenvalue weighted by atomic mass is 19.4. The first-order valence-corrected chi connectivity index (χ1v) is 10.8. The minimum absolute atomic E-state index is 0.126. The molecule has 1 unspecified atom stereocenters. The fourth-order valence-corrected chi connectivity index (χ4v) is 4.22. The zero-order chi connectivity index (χ0) is 22.7. The van der Waals surface area contributed by atoms with Crippen molar-refractivity contribution in [3.8, 4) is 0 Å². The maximum atomic E-state index is 13.3. The molecule has 0 saturated carbocycles. The third-order valence-electron chi connectivity index (χ3n) is 5.88. The fraction of sp³-hybridized carbons (Fsp3) is 0.524. The molecule has 32 heavy (non-hydrogen) atoms. The summed E-state index contributed by atoms with van der Waals surface area (Å²) in [5.41, 5.74) is 0.785. The van der Waals surface area contributed by atoms with Crippen LogP contribution in [-0.4, -0.2) is 59.9 Å². The average molecular weight is 449 g/mol. The van der Waals surface area contributed by atoms with E-state index in [0.717, 1.165) is 25.2 Å². The van der Waals surface area contributed by atoms with E-state index in [9.17, 15) is 18.0 Å². The van der Waals surface area contributed by atoms with Gasteiger partial charge in [0.1, 0.15) is 5.82 Å². The second kappa shape index (κ2) is 9.17. The van der Waals surface area contributed by atoms with Gasteiger partial charge in [-0.25, -0.2) is 14.8 Å². The van der Waals surface area contributed by atoms with Gasteiger partial charge in [-0.3, -0.25) is 15.2 Å². The van der Waals surface area contributed by atoms with E-state index in [2.05, 4.69) is 20.2 Å². The van der Waals surface area contributed by atoms with E-state index in [4.69, 9.17) is 4.98 Å². The number of pyridine rings is 1. The number of piperidine rings is 1. The molecule has 2 aromatic rings. The highest BCUT2D eigenvalue weighted by molar-refractivity contribution is 6.02. The molecule has 1 N–H and O–H groups in total. The van der Waals surface area contributed by atoms with E-state index in [1.807, 2.05) is 13.0 Å². The Morgan fingerprint density at radius 2 is 2.03 bits per heavy atom. The van der Waals surface area contributed by atoms with Crippen molar-refractivity contribution in [2.45, 2.75) is 32.4 Å². The molecule has 4 heterocycles. The molecule has 11 heteroatoms. The average Bonchev–Trinajstić information content (AvgIpc) is 2.98. The van der Waals surface area contributed by atoms with Crippen LogP contribution in [0.25, 0.3) is 0 Å². The number of hydrogen-bond donors (Lipinski definition) is 1. The van der Waals surface area contributed by atoms with Crippen LogP contribution in [0.1, 0.15) is 26.2 Å². The summed E-state index contributed by atoms with van der Waals surface area (Å²) in [6.07, 6.45) is 1.51. The highest BCUT2D eigenvalue weighted by Crippen LogP contribution is 2.37. The third-order valence-corrected chi connectivity index (χ3v) is 5.88. The summed E-state index contributed by atoms with van der Waals surface area (Å²) in [4.78, 5) is 31.1. The zero-order valence-electron chi connectivity index (χ0n) is 17.8. The summed E-state index contributed by atoms with van der Waals surface area (Å²) in [6, 6.07) is 3.21.